The van der Waals surface area contributed by atoms with Gasteiger partial charge in [0.25, 0.3) is 0 Å². The first kappa shape index (κ1) is 13.4. The molecule has 0 aliphatic carbocycles. The normalized spacial score (nSPS) is 33.2. The second-order valence-corrected chi connectivity index (χ2v) is 5.14. The maximum Gasteiger partial charge on any atom is 0.325 e. The summed E-state index contributed by atoms with van der Waals surface area (Å²) in [4.78, 5) is 16.4. The summed E-state index contributed by atoms with van der Waals surface area (Å²) < 4.78 is 5.37. The van der Waals surface area contributed by atoms with E-state index in [0.717, 1.165) is 11.3 Å². The fourth-order valence-corrected chi connectivity index (χ4v) is 2.66. The quantitative estimate of drug-likeness (QED) is 0.482. The number of aliphatic hydroxyl groups excluding tert-OH is 3. The minimum atomic E-state index is -1.25. The number of fused-ring (bicyclic) bond motifs is 1. The molecule has 2 aliphatic rings. The summed E-state index contributed by atoms with van der Waals surface area (Å²) in [5.41, 5.74) is 1.79. The van der Waals surface area contributed by atoms with Crippen LogP contribution in [0.4, 0.5) is 10.6 Å². The van der Waals surface area contributed by atoms with Crippen molar-refractivity contribution in [3.8, 4) is 0 Å². The van der Waals surface area contributed by atoms with Gasteiger partial charge in [0.1, 0.15) is 24.1 Å². The van der Waals surface area contributed by atoms with E-state index in [0.29, 0.717) is 5.82 Å². The summed E-state index contributed by atoms with van der Waals surface area (Å²) in [6.45, 7) is 1.72. The van der Waals surface area contributed by atoms with Crippen LogP contribution in [-0.4, -0.2) is 62.4 Å². The molecule has 8 nitrogen and oxygen atoms in total. The van der Waals surface area contributed by atoms with Gasteiger partial charge < -0.3 is 25.0 Å². The number of aliphatic hydroxyl groups is 3. The smallest absolute Gasteiger partial charge is 0.325 e. The zero-order chi connectivity index (χ0) is 14.4. The third-order valence-electron chi connectivity index (χ3n) is 3.69. The van der Waals surface area contributed by atoms with Crippen LogP contribution in [0.2, 0.25) is 0 Å². The summed E-state index contributed by atoms with van der Waals surface area (Å²) in [5, 5.41) is 31.5. The van der Waals surface area contributed by atoms with Crippen LogP contribution in [0.1, 0.15) is 11.3 Å². The number of carbonyl (C=O) groups is 1. The number of hydrogen-bond donors (Lipinski definition) is 5. The first-order chi connectivity index (χ1) is 9.51. The molecule has 0 radical (unpaired) electrons. The van der Waals surface area contributed by atoms with Gasteiger partial charge in [-0.25, -0.2) is 4.79 Å². The fraction of sp³-hybridized carbons (Fsp3) is 0.583. The number of aromatic nitrogens is 1. The molecule has 20 heavy (non-hydrogen) atoms. The molecule has 110 valence electrons. The number of nitrogens with zero attached hydrogens (tertiary/aromatic N) is 1. The zero-order valence-corrected chi connectivity index (χ0v) is 10.9. The lowest BCUT2D eigenvalue weighted by molar-refractivity contribution is -0.0808. The minimum absolute atomic E-state index is 0.262. The van der Waals surface area contributed by atoms with Gasteiger partial charge in [-0.15, -0.1) is 0 Å². The summed E-state index contributed by atoms with van der Waals surface area (Å²) in [5.74, 6) is 0.635. The van der Waals surface area contributed by atoms with Gasteiger partial charge in [0.15, 0.2) is 6.23 Å². The molecule has 2 amide bonds. The topological polar surface area (TPSA) is 118 Å². The number of amides is 2. The number of urea groups is 1. The molecule has 1 aromatic rings. The van der Waals surface area contributed by atoms with Crippen molar-refractivity contribution in [2.75, 3.05) is 11.9 Å². The van der Waals surface area contributed by atoms with Crippen LogP contribution < -0.4 is 5.32 Å². The molecule has 3 rings (SSSR count). The lowest BCUT2D eigenvalue weighted by Crippen LogP contribution is -2.50. The third kappa shape index (κ3) is 1.97. The Balaban J connectivity index is 1.83. The molecule has 2 aliphatic heterocycles. The highest BCUT2D eigenvalue weighted by atomic mass is 16.6. The number of ether oxygens (including phenoxy) is 1. The largest absolute Gasteiger partial charge is 0.394 e. The van der Waals surface area contributed by atoms with E-state index < -0.39 is 37.2 Å². The van der Waals surface area contributed by atoms with Crippen molar-refractivity contribution < 1.29 is 24.9 Å². The number of carbonyl (C=O) groups excluding carboxylic acids is 1. The molecule has 5 N–H and O–H groups in total. The Morgan fingerprint density at radius 1 is 1.45 bits per heavy atom. The highest BCUT2D eigenvalue weighted by Crippen LogP contribution is 2.30. The molecule has 0 spiro atoms. The van der Waals surface area contributed by atoms with Crippen molar-refractivity contribution in [1.82, 2.24) is 9.88 Å². The highest BCUT2D eigenvalue weighted by molar-refractivity contribution is 5.91. The number of aryl methyl sites for hydroxylation is 1. The van der Waals surface area contributed by atoms with Crippen molar-refractivity contribution in [3.63, 3.8) is 0 Å². The fourth-order valence-electron chi connectivity index (χ4n) is 2.66. The van der Waals surface area contributed by atoms with Crippen LogP contribution in [0.5, 0.6) is 0 Å². The van der Waals surface area contributed by atoms with Crippen LogP contribution in [0, 0.1) is 6.92 Å². The van der Waals surface area contributed by atoms with Crippen molar-refractivity contribution in [3.05, 3.63) is 17.3 Å². The molecular weight excluding hydrogens is 266 g/mol. The van der Waals surface area contributed by atoms with E-state index in [9.17, 15) is 15.0 Å². The Labute approximate surface area is 115 Å². The van der Waals surface area contributed by atoms with Gasteiger partial charge in [-0.3, -0.25) is 10.2 Å². The van der Waals surface area contributed by atoms with E-state index in [1.807, 2.05) is 13.0 Å². The van der Waals surface area contributed by atoms with Crippen LogP contribution >= 0.6 is 0 Å². The van der Waals surface area contributed by atoms with E-state index in [2.05, 4.69) is 10.3 Å². The molecule has 8 heteroatoms. The van der Waals surface area contributed by atoms with Gasteiger partial charge in [0, 0.05) is 11.3 Å². The predicted octanol–water partition coefficient (Wildman–Crippen LogP) is -0.890. The van der Waals surface area contributed by atoms with Crippen molar-refractivity contribution >= 4 is 11.8 Å². The summed E-state index contributed by atoms with van der Waals surface area (Å²) in [7, 11) is 0. The summed E-state index contributed by atoms with van der Waals surface area (Å²) in [6, 6.07) is 1.47. The predicted molar refractivity (Wildman–Crippen MR) is 67.9 cm³/mol. The molecule has 3 heterocycles. The molecule has 1 aromatic heterocycles. The van der Waals surface area contributed by atoms with E-state index >= 15 is 0 Å². The Morgan fingerprint density at radius 2 is 2.20 bits per heavy atom. The first-order valence-electron chi connectivity index (χ1n) is 6.40. The van der Waals surface area contributed by atoms with Gasteiger partial charge in [-0.1, -0.05) is 0 Å². The van der Waals surface area contributed by atoms with Crippen molar-refractivity contribution in [2.45, 2.75) is 38.0 Å². The number of nitrogens with one attached hydrogen (secondary N) is 2. The van der Waals surface area contributed by atoms with Crippen LogP contribution in [0.15, 0.2) is 6.07 Å². The van der Waals surface area contributed by atoms with E-state index in [1.54, 1.807) is 0 Å². The molecule has 0 saturated carbocycles. The summed E-state index contributed by atoms with van der Waals surface area (Å²) in [6.07, 6.45) is -4.34. The number of H-pyrrole nitrogens is 1. The third-order valence-corrected chi connectivity index (χ3v) is 3.69. The molecule has 0 aromatic carbocycles. The standard InChI is InChI=1S/C12H17N3O5/c1-5-2-6-3-15(12(19)14-10(6)13-5)11-9(18)8(17)7(4-16)20-11/h2,7-9,11,13,16-18H,3-4H2,1H3,(H,14,19)/t7-,8-,9-,11-/m1/s1. The Bertz CT molecular complexity index is 531. The molecule has 4 atom stereocenters. The van der Waals surface area contributed by atoms with Crippen molar-refractivity contribution in [2.24, 2.45) is 0 Å². The Morgan fingerprint density at radius 3 is 2.85 bits per heavy atom. The average Bonchev–Trinajstić information content (AvgIpc) is 2.89. The van der Waals surface area contributed by atoms with Crippen LogP contribution in [0.25, 0.3) is 0 Å². The average molecular weight is 283 g/mol. The van der Waals surface area contributed by atoms with Crippen LogP contribution in [-0.2, 0) is 11.3 Å². The molecule has 1 saturated heterocycles. The number of rotatable bonds is 2. The first-order valence-corrected chi connectivity index (χ1v) is 6.40. The second kappa shape index (κ2) is 4.74. The maximum absolute atomic E-state index is 12.1. The zero-order valence-electron chi connectivity index (χ0n) is 10.9. The number of hydrogen-bond acceptors (Lipinski definition) is 5. The van der Waals surface area contributed by atoms with Gasteiger partial charge in [0.05, 0.1) is 13.2 Å². The molecule has 0 bridgehead atoms. The van der Waals surface area contributed by atoms with Gasteiger partial charge in [-0.2, -0.15) is 0 Å². The van der Waals surface area contributed by atoms with Gasteiger partial charge in [0.2, 0.25) is 0 Å². The lowest BCUT2D eigenvalue weighted by Gasteiger charge is -2.33. The van der Waals surface area contributed by atoms with Crippen LogP contribution in [0.3, 0.4) is 0 Å². The second-order valence-electron chi connectivity index (χ2n) is 5.14. The molecular formula is C12H17N3O5. The number of aromatic amines is 1. The Hall–Kier alpha value is -1.61. The highest BCUT2D eigenvalue weighted by Gasteiger charge is 2.47. The monoisotopic (exact) mass is 283 g/mol. The van der Waals surface area contributed by atoms with E-state index in [4.69, 9.17) is 9.84 Å². The maximum atomic E-state index is 12.1. The molecule has 1 fully saturated rings. The van der Waals surface area contributed by atoms with Crippen molar-refractivity contribution in [1.29, 1.82) is 0 Å². The minimum Gasteiger partial charge on any atom is -0.394 e. The molecule has 0 unspecified atom stereocenters. The lowest BCUT2D eigenvalue weighted by atomic mass is 10.1. The SMILES string of the molecule is Cc1cc2c([nH]1)NC(=O)N([C@@H]1O[C@H](CO)[C@@H](O)[C@H]1O)C2. The van der Waals surface area contributed by atoms with Gasteiger partial charge in [-0.05, 0) is 13.0 Å². The Kier molecular flexibility index (Phi) is 3.17. The summed E-state index contributed by atoms with van der Waals surface area (Å²) >= 11 is 0. The van der Waals surface area contributed by atoms with Gasteiger partial charge >= 0.3 is 6.03 Å². The van der Waals surface area contributed by atoms with E-state index in [1.165, 1.54) is 4.90 Å². The van der Waals surface area contributed by atoms with E-state index in [-0.39, 0.29) is 6.54 Å². The number of anilines is 1.